The second-order valence-electron chi connectivity index (χ2n) is 10.8. The molecule has 0 aromatic heterocycles. The number of hydrogen-bond donors (Lipinski definition) is 1. The number of allylic oxidation sites excluding steroid dienone is 4. The number of aliphatic hydroxyl groups excluding tert-OH is 1. The first-order valence-corrected chi connectivity index (χ1v) is 12.1. The van der Waals surface area contributed by atoms with Crippen molar-refractivity contribution in [2.45, 2.75) is 76.8 Å². The molecule has 3 saturated carbocycles. The molecule has 0 aromatic carbocycles. The number of Topliss-reactive ketones (excluding diaryl/α,β-unsaturated/α-hetero) is 1. The zero-order chi connectivity index (χ0) is 23.1. The number of rotatable bonds is 2. The van der Waals surface area contributed by atoms with Crippen LogP contribution >= 0.6 is 15.9 Å². The summed E-state index contributed by atoms with van der Waals surface area (Å²) in [5, 5.41) is 11.7. The molecule has 4 aliphatic carbocycles. The highest BCUT2D eigenvalue weighted by molar-refractivity contribution is 9.10. The van der Waals surface area contributed by atoms with Gasteiger partial charge < -0.3 is 9.84 Å². The van der Waals surface area contributed by atoms with E-state index in [4.69, 9.17) is 4.74 Å². The Bertz CT molecular complexity index is 923. The molecule has 4 aliphatic rings. The third kappa shape index (κ3) is 2.61. The van der Waals surface area contributed by atoms with E-state index in [2.05, 4.69) is 29.8 Å². The minimum atomic E-state index is -1.24. The maximum Gasteiger partial charge on any atom is 0.303 e. The third-order valence-corrected chi connectivity index (χ3v) is 11.3. The van der Waals surface area contributed by atoms with Crippen LogP contribution in [0.2, 0.25) is 0 Å². The molecule has 3 unspecified atom stereocenters. The second kappa shape index (κ2) is 6.86. The van der Waals surface area contributed by atoms with Crippen molar-refractivity contribution in [3.05, 3.63) is 23.8 Å². The van der Waals surface area contributed by atoms with Crippen LogP contribution in [0.25, 0.3) is 0 Å². The summed E-state index contributed by atoms with van der Waals surface area (Å²) in [4.78, 5) is 37.4. The van der Waals surface area contributed by atoms with Gasteiger partial charge in [0.15, 0.2) is 17.2 Å². The summed E-state index contributed by atoms with van der Waals surface area (Å²) in [6.45, 7) is 11.1. The molecule has 6 heteroatoms. The van der Waals surface area contributed by atoms with E-state index < -0.39 is 32.8 Å². The van der Waals surface area contributed by atoms with Gasteiger partial charge in [0, 0.05) is 23.7 Å². The molecule has 0 aromatic rings. The molecule has 31 heavy (non-hydrogen) atoms. The molecular weight excluding hydrogens is 460 g/mol. The van der Waals surface area contributed by atoms with Gasteiger partial charge in [0.2, 0.25) is 0 Å². The highest BCUT2D eigenvalue weighted by Gasteiger charge is 2.76. The maximum absolute atomic E-state index is 13.1. The van der Waals surface area contributed by atoms with E-state index in [0.717, 1.165) is 18.4 Å². The molecule has 0 bridgehead atoms. The lowest BCUT2D eigenvalue weighted by Gasteiger charge is -2.65. The van der Waals surface area contributed by atoms with Crippen LogP contribution in [-0.4, -0.2) is 38.7 Å². The fraction of sp³-hybridized carbons (Fsp3) is 0.720. The van der Waals surface area contributed by atoms with Gasteiger partial charge in [-0.15, -0.1) is 0 Å². The molecule has 0 aliphatic heterocycles. The lowest BCUT2D eigenvalue weighted by Crippen LogP contribution is -2.69. The molecular formula is C25H33BrO5. The maximum atomic E-state index is 13.1. The summed E-state index contributed by atoms with van der Waals surface area (Å²) in [7, 11) is 0. The molecule has 4 rings (SSSR count). The molecule has 1 N–H and O–H groups in total. The van der Waals surface area contributed by atoms with Gasteiger partial charge in [0.1, 0.15) is 0 Å². The lowest BCUT2D eigenvalue weighted by molar-refractivity contribution is -0.198. The number of alkyl halides is 1. The molecule has 0 radical (unpaired) electrons. The minimum absolute atomic E-state index is 0.0102. The number of ketones is 2. The molecule has 0 amide bonds. The Labute approximate surface area is 192 Å². The Morgan fingerprint density at radius 2 is 1.81 bits per heavy atom. The van der Waals surface area contributed by atoms with Gasteiger partial charge in [0.05, 0.1) is 10.4 Å². The summed E-state index contributed by atoms with van der Waals surface area (Å²) < 4.78 is 5.23. The first-order valence-electron chi connectivity index (χ1n) is 11.3. The number of carbonyl (C=O) groups is 3. The van der Waals surface area contributed by atoms with Crippen molar-refractivity contribution in [1.82, 2.24) is 0 Å². The summed E-state index contributed by atoms with van der Waals surface area (Å²) in [6, 6.07) is 0. The molecule has 0 heterocycles. The highest BCUT2D eigenvalue weighted by Crippen LogP contribution is 2.73. The van der Waals surface area contributed by atoms with Crippen LogP contribution in [0.15, 0.2) is 23.8 Å². The SMILES string of the molecule is CC(=O)O[C@]1(C(C)=O)C(C)C[C@H]2[C@@H]3CC(C)C4=CC(=O)C=C[C@]4(C)[C@@]3(Br)C(O)C[C@@]21C. The fourth-order valence-corrected chi connectivity index (χ4v) is 9.21. The second-order valence-corrected chi connectivity index (χ2v) is 12.1. The number of fused-ring (bicyclic) bond motifs is 5. The van der Waals surface area contributed by atoms with Gasteiger partial charge in [-0.25, -0.2) is 0 Å². The van der Waals surface area contributed by atoms with Gasteiger partial charge in [-0.1, -0.05) is 55.3 Å². The van der Waals surface area contributed by atoms with Crippen LogP contribution in [0.1, 0.15) is 60.8 Å². The third-order valence-electron chi connectivity index (χ3n) is 9.34. The fourth-order valence-electron chi connectivity index (χ4n) is 8.19. The van der Waals surface area contributed by atoms with Crippen LogP contribution in [0.4, 0.5) is 0 Å². The van der Waals surface area contributed by atoms with Crippen LogP contribution < -0.4 is 0 Å². The molecule has 170 valence electrons. The van der Waals surface area contributed by atoms with Gasteiger partial charge >= 0.3 is 5.97 Å². The van der Waals surface area contributed by atoms with E-state index in [-0.39, 0.29) is 35.2 Å². The average Bonchev–Trinajstić information content (AvgIpc) is 2.87. The van der Waals surface area contributed by atoms with Gasteiger partial charge in [0.25, 0.3) is 0 Å². The lowest BCUT2D eigenvalue weighted by atomic mass is 9.44. The highest BCUT2D eigenvalue weighted by atomic mass is 79.9. The Kier molecular flexibility index (Phi) is 5.07. The van der Waals surface area contributed by atoms with Crippen LogP contribution in [-0.2, 0) is 19.1 Å². The molecule has 9 atom stereocenters. The van der Waals surface area contributed by atoms with Gasteiger partial charge in [-0.05, 0) is 56.1 Å². The molecule has 3 fully saturated rings. The smallest absolute Gasteiger partial charge is 0.303 e. The monoisotopic (exact) mass is 492 g/mol. The summed E-state index contributed by atoms with van der Waals surface area (Å²) >= 11 is 4.04. The van der Waals surface area contributed by atoms with Crippen molar-refractivity contribution < 1.29 is 24.2 Å². The normalized spacial score (nSPS) is 50.8. The topological polar surface area (TPSA) is 80.7 Å². The minimum Gasteiger partial charge on any atom is -0.450 e. The summed E-state index contributed by atoms with van der Waals surface area (Å²) in [5.74, 6) is -0.458. The Morgan fingerprint density at radius 1 is 1.16 bits per heavy atom. The van der Waals surface area contributed by atoms with Crippen molar-refractivity contribution in [3.8, 4) is 0 Å². The summed E-state index contributed by atoms with van der Waals surface area (Å²) in [5.41, 5.74) is -1.37. The predicted molar refractivity (Wildman–Crippen MR) is 120 cm³/mol. The zero-order valence-electron chi connectivity index (χ0n) is 19.2. The molecule has 0 spiro atoms. The van der Waals surface area contributed by atoms with Crippen molar-refractivity contribution in [2.24, 2.45) is 34.5 Å². The average molecular weight is 493 g/mol. The van der Waals surface area contributed by atoms with E-state index in [1.54, 1.807) is 12.2 Å². The molecule has 0 saturated heterocycles. The van der Waals surface area contributed by atoms with Crippen LogP contribution in [0.3, 0.4) is 0 Å². The predicted octanol–water partition coefficient (Wildman–Crippen LogP) is 4.17. The van der Waals surface area contributed by atoms with E-state index in [9.17, 15) is 19.5 Å². The van der Waals surface area contributed by atoms with Crippen molar-refractivity contribution in [1.29, 1.82) is 0 Å². The van der Waals surface area contributed by atoms with Crippen molar-refractivity contribution in [2.75, 3.05) is 0 Å². The van der Waals surface area contributed by atoms with E-state index >= 15 is 0 Å². The Morgan fingerprint density at radius 3 is 2.39 bits per heavy atom. The van der Waals surface area contributed by atoms with Crippen molar-refractivity contribution in [3.63, 3.8) is 0 Å². The number of aliphatic hydroxyl groups is 1. The number of halogens is 1. The van der Waals surface area contributed by atoms with Crippen molar-refractivity contribution >= 4 is 33.5 Å². The quantitative estimate of drug-likeness (QED) is 0.462. The van der Waals surface area contributed by atoms with Crippen LogP contribution in [0, 0.1) is 34.5 Å². The number of esters is 1. The standard InChI is InChI=1S/C25H33BrO5/c1-13-9-20-19-10-14(2)25(15(3)27,31-16(4)28)23(19,6)12-21(30)24(20,26)22(5)8-7-17(29)11-18(13)22/h7-8,11,13-14,19-21,30H,9-10,12H2,1-6H3/t13?,14?,19-,20-,21?,22-,23-,24-,25-/m0/s1. The van der Waals surface area contributed by atoms with Gasteiger partial charge in [-0.3, -0.25) is 14.4 Å². The zero-order valence-corrected chi connectivity index (χ0v) is 20.8. The Balaban J connectivity index is 1.89. The Hall–Kier alpha value is -1.27. The first-order chi connectivity index (χ1) is 14.3. The van der Waals surface area contributed by atoms with Crippen LogP contribution in [0.5, 0.6) is 0 Å². The molecule has 5 nitrogen and oxygen atoms in total. The van der Waals surface area contributed by atoms with Gasteiger partial charge in [-0.2, -0.15) is 0 Å². The van der Waals surface area contributed by atoms with E-state index in [0.29, 0.717) is 6.42 Å². The number of carbonyl (C=O) groups excluding carboxylic acids is 3. The van der Waals surface area contributed by atoms with E-state index in [1.165, 1.54) is 13.8 Å². The number of hydrogen-bond acceptors (Lipinski definition) is 5. The largest absolute Gasteiger partial charge is 0.450 e. The first kappa shape index (κ1) is 22.9. The number of ether oxygens (including phenoxy) is 1. The summed E-state index contributed by atoms with van der Waals surface area (Å²) in [6.07, 6.45) is 6.41. The van der Waals surface area contributed by atoms with E-state index in [1.807, 2.05) is 19.9 Å².